The first-order valence-corrected chi connectivity index (χ1v) is 27.6. The maximum atomic E-state index is 14.6. The van der Waals surface area contributed by atoms with Crippen molar-refractivity contribution in [2.24, 2.45) is 28.6 Å². The van der Waals surface area contributed by atoms with Crippen molar-refractivity contribution in [1.82, 2.24) is 41.4 Å². The van der Waals surface area contributed by atoms with Crippen LogP contribution in [-0.4, -0.2) is 209 Å². The highest BCUT2D eigenvalue weighted by Gasteiger charge is 2.49. The van der Waals surface area contributed by atoms with Crippen LogP contribution in [0, 0.1) is 16.7 Å². The van der Waals surface area contributed by atoms with Crippen LogP contribution >= 0.6 is 0 Å². The fourth-order valence-electron chi connectivity index (χ4n) is 10.4. The second kappa shape index (κ2) is 32.0. The molecule has 0 aromatic heterocycles. The van der Waals surface area contributed by atoms with Gasteiger partial charge in [0.2, 0.25) is 41.4 Å². The Morgan fingerprint density at radius 2 is 1.37 bits per heavy atom. The van der Waals surface area contributed by atoms with Gasteiger partial charge < -0.3 is 88.7 Å². The van der Waals surface area contributed by atoms with Crippen LogP contribution in [0.4, 0.5) is 0 Å². The van der Waals surface area contributed by atoms with Gasteiger partial charge in [-0.05, 0) is 68.7 Å². The molecule has 16 atom stereocenters. The highest BCUT2D eigenvalue weighted by molar-refractivity contribution is 5.98. The molecular weight excluding hydrogens is 1030 g/mol. The van der Waals surface area contributed by atoms with E-state index in [2.05, 4.69) is 52.6 Å². The van der Waals surface area contributed by atoms with Crippen LogP contribution in [0.2, 0.25) is 0 Å². The third kappa shape index (κ3) is 18.7. The SMILES string of the molecule is CCC(C)CC(C)CCCCCCCCC(=O)N[C@H]1C[C@@H](O)[C@@H](N(CCN)N=O)NC(=O)[C@@H]2[C@@H](O)CCN2C(=O)[C@H]([C@H](O)CCN)NC(=O)[C@H]([C@H](O)[C@@H](O)c2ccc(O)cc2)NC(=O)[C@@H]2C[C@@H](O)CN2C(=O)[C@H]([C@@H](C)O)NC1=O. The lowest BCUT2D eigenvalue weighted by molar-refractivity contribution is -0.148. The predicted molar refractivity (Wildman–Crippen MR) is 285 cm³/mol. The number of rotatable bonds is 24. The molecular formula is C52H87N11O16. The van der Waals surface area contributed by atoms with Crippen molar-refractivity contribution in [2.75, 3.05) is 32.7 Å². The number of aromatic hydroxyl groups is 1. The molecule has 0 aliphatic carbocycles. The molecule has 7 amide bonds. The second-order valence-corrected chi connectivity index (χ2v) is 21.5. The van der Waals surface area contributed by atoms with Crippen LogP contribution in [0.25, 0.3) is 0 Å². The summed E-state index contributed by atoms with van der Waals surface area (Å²) in [4.78, 5) is 115. The molecule has 3 saturated heterocycles. The lowest BCUT2D eigenvalue weighted by Crippen LogP contribution is -2.65. The molecule has 3 fully saturated rings. The van der Waals surface area contributed by atoms with E-state index < -0.39 is 159 Å². The lowest BCUT2D eigenvalue weighted by Gasteiger charge is -2.36. The molecule has 1 aromatic rings. The van der Waals surface area contributed by atoms with Gasteiger partial charge in [0.05, 0.1) is 42.4 Å². The van der Waals surface area contributed by atoms with Gasteiger partial charge in [-0.15, -0.1) is 4.91 Å². The molecule has 27 nitrogen and oxygen atoms in total. The van der Waals surface area contributed by atoms with E-state index in [0.717, 1.165) is 67.4 Å². The Labute approximate surface area is 460 Å². The lowest BCUT2D eigenvalue weighted by atomic mass is 9.91. The molecule has 0 radical (unpaired) electrons. The molecule has 4 rings (SSSR count). The molecule has 3 aliphatic rings. The minimum absolute atomic E-state index is 0.0830. The van der Waals surface area contributed by atoms with E-state index in [1.165, 1.54) is 18.6 Å². The van der Waals surface area contributed by atoms with Crippen molar-refractivity contribution in [1.29, 1.82) is 0 Å². The number of nitrogens with zero attached hydrogens (tertiary/aromatic N) is 4. The number of nitrogens with one attached hydrogen (secondary N) is 5. The van der Waals surface area contributed by atoms with E-state index in [1.807, 2.05) is 0 Å². The first kappa shape index (κ1) is 65.9. The van der Waals surface area contributed by atoms with Crippen molar-refractivity contribution in [3.05, 3.63) is 34.7 Å². The Bertz CT molecular complexity index is 2160. The van der Waals surface area contributed by atoms with Crippen LogP contribution in [-0.2, 0) is 33.6 Å². The topological polar surface area (TPSA) is 433 Å². The van der Waals surface area contributed by atoms with Crippen LogP contribution in [0.15, 0.2) is 29.6 Å². The summed E-state index contributed by atoms with van der Waals surface area (Å²) in [6.45, 7) is 5.85. The largest absolute Gasteiger partial charge is 0.508 e. The molecule has 0 bridgehead atoms. The number of phenolic OH excluding ortho intramolecular Hbond substituents is 1. The fraction of sp³-hybridized carbons (Fsp3) is 0.750. The number of nitroso groups, excluding NO2 is 1. The summed E-state index contributed by atoms with van der Waals surface area (Å²) in [5.41, 5.74) is 11.4. The Hall–Kier alpha value is -5.65. The summed E-state index contributed by atoms with van der Waals surface area (Å²) in [5, 5.41) is 105. The van der Waals surface area contributed by atoms with Gasteiger partial charge in [-0.2, -0.15) is 0 Å². The number of hydrogen-bond donors (Lipinski definition) is 15. The number of aliphatic hydroxyl groups is 7. The Morgan fingerprint density at radius 3 is 1.99 bits per heavy atom. The zero-order valence-corrected chi connectivity index (χ0v) is 45.8. The van der Waals surface area contributed by atoms with Crippen molar-refractivity contribution in [3.8, 4) is 5.75 Å². The van der Waals surface area contributed by atoms with Gasteiger partial charge in [0.15, 0.2) is 0 Å². The molecule has 1 aromatic carbocycles. The summed E-state index contributed by atoms with van der Waals surface area (Å²) in [6, 6.07) is -6.97. The van der Waals surface area contributed by atoms with Crippen molar-refractivity contribution < 1.29 is 74.4 Å². The van der Waals surface area contributed by atoms with E-state index >= 15 is 0 Å². The first-order valence-electron chi connectivity index (χ1n) is 27.6. The molecule has 3 heterocycles. The van der Waals surface area contributed by atoms with E-state index in [-0.39, 0.29) is 43.7 Å². The molecule has 0 spiro atoms. The number of hydrogen-bond acceptors (Lipinski definition) is 19. The van der Waals surface area contributed by atoms with Gasteiger partial charge in [-0.25, -0.2) is 5.01 Å². The van der Waals surface area contributed by atoms with Crippen molar-refractivity contribution in [2.45, 2.75) is 203 Å². The summed E-state index contributed by atoms with van der Waals surface area (Å²) in [5.74, 6) is -7.04. The van der Waals surface area contributed by atoms with Gasteiger partial charge in [0.25, 0.3) is 0 Å². The third-order valence-corrected chi connectivity index (χ3v) is 15.1. The second-order valence-electron chi connectivity index (χ2n) is 21.5. The van der Waals surface area contributed by atoms with Crippen LogP contribution in [0.3, 0.4) is 0 Å². The average molecular weight is 1120 g/mol. The average Bonchev–Trinajstić information content (AvgIpc) is 4.01. The summed E-state index contributed by atoms with van der Waals surface area (Å²) in [7, 11) is 0. The molecule has 446 valence electrons. The van der Waals surface area contributed by atoms with E-state index in [1.54, 1.807) is 0 Å². The molecule has 27 heteroatoms. The predicted octanol–water partition coefficient (Wildman–Crippen LogP) is -2.92. The number of carbonyl (C=O) groups excluding carboxylic acids is 7. The standard InChI is InChI=1S/C52H87N11O16/c1-5-28(2)24-29(3)12-10-8-6-7-9-11-13-39(70)55-34-26-38(69)46(63(60-79)23-21-54)59-50(76)43-37(68)19-22-61(43)52(78)41(36(67)18-20-53)57-49(75)42(45(72)44(71)31-14-16-32(65)17-15-31)58-48(74)35-25-33(66)27-62(35)51(77)40(30(4)64)56-47(34)73/h14-17,28-30,33-38,40-46,64-69,71-72H,5-13,18-27,53-54H2,1-4H3,(H,55,70)(H,56,73)(H,57,75)(H,58,74)(H,59,76)/t28?,29?,30-,33-,34+,35+,36-,37+,38-,40+,41+,42+,43+,44+,45+,46-/m1/s1. The van der Waals surface area contributed by atoms with Crippen LogP contribution < -0.4 is 38.1 Å². The number of carbonyl (C=O) groups is 7. The summed E-state index contributed by atoms with van der Waals surface area (Å²) >= 11 is 0. The fourth-order valence-corrected chi connectivity index (χ4v) is 10.4. The zero-order valence-electron chi connectivity index (χ0n) is 45.8. The van der Waals surface area contributed by atoms with Gasteiger partial charge >= 0.3 is 0 Å². The summed E-state index contributed by atoms with van der Waals surface area (Å²) in [6.07, 6.45) is -8.65. The minimum Gasteiger partial charge on any atom is -0.508 e. The normalized spacial score (nSPS) is 28.1. The highest BCUT2D eigenvalue weighted by atomic mass is 16.3. The number of amides is 7. The van der Waals surface area contributed by atoms with Crippen LogP contribution in [0.5, 0.6) is 5.75 Å². The Morgan fingerprint density at radius 1 is 0.747 bits per heavy atom. The van der Waals surface area contributed by atoms with E-state index in [0.29, 0.717) is 29.7 Å². The number of phenols is 1. The molecule has 3 aliphatic heterocycles. The van der Waals surface area contributed by atoms with E-state index in [9.17, 15) is 79.3 Å². The van der Waals surface area contributed by atoms with Gasteiger partial charge in [0.1, 0.15) is 60.4 Å². The number of fused-ring (bicyclic) bond motifs is 2. The molecule has 79 heavy (non-hydrogen) atoms. The van der Waals surface area contributed by atoms with Crippen molar-refractivity contribution >= 4 is 41.4 Å². The minimum atomic E-state index is -2.31. The molecule has 17 N–H and O–H groups in total. The van der Waals surface area contributed by atoms with Gasteiger partial charge in [-0.3, -0.25) is 33.6 Å². The smallest absolute Gasteiger partial charge is 0.248 e. The third-order valence-electron chi connectivity index (χ3n) is 15.1. The number of aliphatic hydroxyl groups excluding tert-OH is 7. The summed E-state index contributed by atoms with van der Waals surface area (Å²) < 4.78 is 0. The highest BCUT2D eigenvalue weighted by Crippen LogP contribution is 2.27. The van der Waals surface area contributed by atoms with Gasteiger partial charge in [0, 0.05) is 38.9 Å². The van der Waals surface area contributed by atoms with Crippen molar-refractivity contribution in [3.63, 3.8) is 0 Å². The monoisotopic (exact) mass is 1120 g/mol. The number of nitrogens with two attached hydrogens (primary N) is 2. The maximum absolute atomic E-state index is 14.6. The Kier molecular flexibility index (Phi) is 26.6. The Balaban J connectivity index is 1.77. The molecule has 0 saturated carbocycles. The quantitative estimate of drug-likeness (QED) is 0.0280. The first-order chi connectivity index (χ1) is 37.5. The van der Waals surface area contributed by atoms with Crippen LogP contribution in [0.1, 0.15) is 129 Å². The van der Waals surface area contributed by atoms with Gasteiger partial charge in [-0.1, -0.05) is 77.8 Å². The maximum Gasteiger partial charge on any atom is 0.248 e. The molecule has 2 unspecified atom stereocenters. The van der Waals surface area contributed by atoms with E-state index in [4.69, 9.17) is 11.5 Å². The zero-order chi connectivity index (χ0) is 58.7. The number of benzene rings is 1. The number of unbranched alkanes of at least 4 members (excludes halogenated alkanes) is 5.